The van der Waals surface area contributed by atoms with Gasteiger partial charge in [-0.3, -0.25) is 9.59 Å². The van der Waals surface area contributed by atoms with E-state index in [2.05, 4.69) is 46.5 Å². The van der Waals surface area contributed by atoms with Crippen LogP contribution >= 0.6 is 39.0 Å². The third-order valence-corrected chi connectivity index (χ3v) is 6.27. The lowest BCUT2D eigenvalue weighted by Gasteiger charge is -2.13. The molecular formula is C18H21BrN2O2S2. The van der Waals surface area contributed by atoms with Gasteiger partial charge in [0.2, 0.25) is 5.91 Å². The Morgan fingerprint density at radius 3 is 2.64 bits per heavy atom. The van der Waals surface area contributed by atoms with Crippen molar-refractivity contribution in [2.24, 2.45) is 0 Å². The SMILES string of the molecule is Cc1c(CSC(C)C)cccc1NC(=O)CNC(=O)c1ccc(Br)s1. The second-order valence-electron chi connectivity index (χ2n) is 5.78. The second kappa shape index (κ2) is 9.40. The van der Waals surface area contributed by atoms with Gasteiger partial charge in [-0.2, -0.15) is 11.8 Å². The summed E-state index contributed by atoms with van der Waals surface area (Å²) in [6.45, 7) is 6.28. The van der Waals surface area contributed by atoms with Gasteiger partial charge < -0.3 is 10.6 Å². The highest BCUT2D eigenvalue weighted by atomic mass is 79.9. The average molecular weight is 441 g/mol. The Kier molecular flexibility index (Phi) is 7.53. The minimum absolute atomic E-state index is 0.0568. The van der Waals surface area contributed by atoms with Crippen LogP contribution in [0.2, 0.25) is 0 Å². The Balaban J connectivity index is 1.91. The summed E-state index contributed by atoms with van der Waals surface area (Å²) in [7, 11) is 0. The van der Waals surface area contributed by atoms with E-state index in [9.17, 15) is 9.59 Å². The van der Waals surface area contributed by atoms with E-state index in [0.29, 0.717) is 10.1 Å². The standard InChI is InChI=1S/C18H21BrN2O2S2/c1-11(2)24-10-13-5-4-6-14(12(13)3)21-17(22)9-20-18(23)15-7-8-16(19)25-15/h4-8,11H,9-10H2,1-3H3,(H,20,23)(H,21,22). The predicted molar refractivity (Wildman–Crippen MR) is 111 cm³/mol. The van der Waals surface area contributed by atoms with Gasteiger partial charge in [0, 0.05) is 11.4 Å². The fourth-order valence-corrected chi connectivity index (χ4v) is 4.24. The number of carbonyl (C=O) groups is 2. The topological polar surface area (TPSA) is 58.2 Å². The minimum atomic E-state index is -0.246. The number of thiophene rings is 1. The highest BCUT2D eigenvalue weighted by molar-refractivity contribution is 9.11. The van der Waals surface area contributed by atoms with Crippen molar-refractivity contribution in [1.29, 1.82) is 0 Å². The van der Waals surface area contributed by atoms with Gasteiger partial charge in [-0.25, -0.2) is 0 Å². The van der Waals surface area contributed by atoms with Crippen LogP contribution in [-0.4, -0.2) is 23.6 Å². The van der Waals surface area contributed by atoms with Gasteiger partial charge in [0.1, 0.15) is 0 Å². The van der Waals surface area contributed by atoms with Gasteiger partial charge >= 0.3 is 0 Å². The molecule has 25 heavy (non-hydrogen) atoms. The first-order chi connectivity index (χ1) is 11.9. The van der Waals surface area contributed by atoms with Crippen LogP contribution in [0, 0.1) is 6.92 Å². The summed E-state index contributed by atoms with van der Waals surface area (Å²) in [5, 5.41) is 6.08. The highest BCUT2D eigenvalue weighted by Gasteiger charge is 2.12. The van der Waals surface area contributed by atoms with Crippen LogP contribution in [0.4, 0.5) is 5.69 Å². The molecule has 0 spiro atoms. The summed E-state index contributed by atoms with van der Waals surface area (Å²) in [4.78, 5) is 24.7. The van der Waals surface area contributed by atoms with Gasteiger partial charge in [0.25, 0.3) is 5.91 Å². The van der Waals surface area contributed by atoms with Crippen molar-refractivity contribution in [1.82, 2.24) is 5.32 Å². The van der Waals surface area contributed by atoms with Crippen LogP contribution in [0.5, 0.6) is 0 Å². The quantitative estimate of drug-likeness (QED) is 0.647. The van der Waals surface area contributed by atoms with E-state index in [0.717, 1.165) is 20.8 Å². The highest BCUT2D eigenvalue weighted by Crippen LogP contribution is 2.25. The van der Waals surface area contributed by atoms with Gasteiger partial charge in [0.05, 0.1) is 15.2 Å². The lowest BCUT2D eigenvalue weighted by atomic mass is 10.1. The average Bonchev–Trinajstić information content (AvgIpc) is 3.00. The molecule has 0 radical (unpaired) electrons. The molecule has 0 bridgehead atoms. The van der Waals surface area contributed by atoms with Gasteiger partial charge in [-0.1, -0.05) is 26.0 Å². The van der Waals surface area contributed by atoms with E-state index in [1.54, 1.807) is 6.07 Å². The van der Waals surface area contributed by atoms with Crippen LogP contribution in [-0.2, 0) is 10.5 Å². The Morgan fingerprint density at radius 1 is 1.24 bits per heavy atom. The smallest absolute Gasteiger partial charge is 0.261 e. The zero-order valence-electron chi connectivity index (χ0n) is 14.4. The van der Waals surface area contributed by atoms with Crippen molar-refractivity contribution in [3.63, 3.8) is 0 Å². The lowest BCUT2D eigenvalue weighted by Crippen LogP contribution is -2.32. The number of hydrogen-bond donors (Lipinski definition) is 2. The van der Waals surface area contributed by atoms with Crippen molar-refractivity contribution < 1.29 is 9.59 Å². The minimum Gasteiger partial charge on any atom is -0.342 e. The van der Waals surface area contributed by atoms with Gasteiger partial charge in [0.15, 0.2) is 0 Å². The summed E-state index contributed by atoms with van der Waals surface area (Å²) in [6, 6.07) is 9.44. The molecule has 2 amide bonds. The first-order valence-electron chi connectivity index (χ1n) is 7.90. The summed E-state index contributed by atoms with van der Waals surface area (Å²) in [5.74, 6) is 0.433. The third-order valence-electron chi connectivity index (χ3n) is 3.50. The molecule has 7 heteroatoms. The van der Waals surface area contributed by atoms with E-state index in [4.69, 9.17) is 0 Å². The Labute approximate surface area is 164 Å². The fraction of sp³-hybridized carbons (Fsp3) is 0.333. The van der Waals surface area contributed by atoms with Crippen molar-refractivity contribution in [2.45, 2.75) is 31.8 Å². The monoisotopic (exact) mass is 440 g/mol. The Bertz CT molecular complexity index is 759. The fourth-order valence-electron chi connectivity index (χ4n) is 2.11. The summed E-state index contributed by atoms with van der Waals surface area (Å²) >= 11 is 6.52. The molecule has 0 aliphatic carbocycles. The number of anilines is 1. The normalized spacial score (nSPS) is 10.8. The molecule has 1 heterocycles. The molecule has 2 rings (SSSR count). The maximum absolute atomic E-state index is 12.1. The molecule has 0 aliphatic heterocycles. The molecule has 0 saturated heterocycles. The molecule has 0 aliphatic rings. The zero-order valence-corrected chi connectivity index (χ0v) is 17.6. The number of amides is 2. The molecular weight excluding hydrogens is 420 g/mol. The first kappa shape index (κ1) is 20.0. The number of halogens is 1. The van der Waals surface area contributed by atoms with Crippen LogP contribution in [0.25, 0.3) is 0 Å². The molecule has 134 valence electrons. The summed E-state index contributed by atoms with van der Waals surface area (Å²) in [6.07, 6.45) is 0. The number of carbonyl (C=O) groups excluding carboxylic acids is 2. The molecule has 4 nitrogen and oxygen atoms in total. The van der Waals surface area contributed by atoms with Gasteiger partial charge in [-0.15, -0.1) is 11.3 Å². The van der Waals surface area contributed by atoms with Crippen molar-refractivity contribution in [2.75, 3.05) is 11.9 Å². The van der Waals surface area contributed by atoms with E-state index in [-0.39, 0.29) is 18.4 Å². The van der Waals surface area contributed by atoms with Crippen LogP contribution in [0.3, 0.4) is 0 Å². The van der Waals surface area contributed by atoms with Crippen molar-refractivity contribution in [3.8, 4) is 0 Å². The summed E-state index contributed by atoms with van der Waals surface area (Å²) in [5.41, 5.74) is 3.07. The Morgan fingerprint density at radius 2 is 2.00 bits per heavy atom. The molecule has 0 unspecified atom stereocenters. The largest absolute Gasteiger partial charge is 0.342 e. The molecule has 2 aromatic rings. The van der Waals surface area contributed by atoms with Crippen LogP contribution in [0.1, 0.15) is 34.6 Å². The number of benzene rings is 1. The molecule has 1 aromatic carbocycles. The lowest BCUT2D eigenvalue weighted by molar-refractivity contribution is -0.115. The number of hydrogen-bond acceptors (Lipinski definition) is 4. The Hall–Kier alpha value is -1.31. The molecule has 0 fully saturated rings. The van der Waals surface area contributed by atoms with Crippen molar-refractivity contribution in [3.05, 3.63) is 50.1 Å². The van der Waals surface area contributed by atoms with Crippen LogP contribution < -0.4 is 10.6 Å². The summed E-state index contributed by atoms with van der Waals surface area (Å²) < 4.78 is 0.883. The molecule has 1 aromatic heterocycles. The zero-order chi connectivity index (χ0) is 18.4. The molecule has 0 atom stereocenters. The van der Waals surface area contributed by atoms with E-state index in [1.807, 2.05) is 36.9 Å². The first-order valence-corrected chi connectivity index (χ1v) is 10.6. The third kappa shape index (κ3) is 6.17. The van der Waals surface area contributed by atoms with Crippen molar-refractivity contribution >= 4 is 56.5 Å². The van der Waals surface area contributed by atoms with E-state index < -0.39 is 0 Å². The maximum atomic E-state index is 12.1. The van der Waals surface area contributed by atoms with Gasteiger partial charge in [-0.05, 0) is 57.4 Å². The number of nitrogens with one attached hydrogen (secondary N) is 2. The number of rotatable bonds is 7. The second-order valence-corrected chi connectivity index (χ2v) is 9.81. The maximum Gasteiger partial charge on any atom is 0.261 e. The van der Waals surface area contributed by atoms with Crippen LogP contribution in [0.15, 0.2) is 34.1 Å². The van der Waals surface area contributed by atoms with E-state index >= 15 is 0 Å². The van der Waals surface area contributed by atoms with E-state index in [1.165, 1.54) is 16.9 Å². The molecule has 2 N–H and O–H groups in total. The predicted octanol–water partition coefficient (Wildman–Crippen LogP) is 4.83. The molecule has 0 saturated carbocycles. The number of thioether (sulfide) groups is 1.